The first kappa shape index (κ1) is 21.5. The van der Waals surface area contributed by atoms with E-state index in [1.807, 2.05) is 54.6 Å². The Morgan fingerprint density at radius 1 is 1.00 bits per heavy atom. The van der Waals surface area contributed by atoms with Gasteiger partial charge in [-0.1, -0.05) is 53.8 Å². The van der Waals surface area contributed by atoms with E-state index in [0.29, 0.717) is 17.1 Å². The number of carbonyl (C=O) groups is 2. The molecule has 3 aromatic carbocycles. The number of amides is 2. The number of nitrogens with two attached hydrogens (primary N) is 1. The summed E-state index contributed by atoms with van der Waals surface area (Å²) in [6.07, 6.45) is 1.41. The molecule has 0 fully saturated rings. The van der Waals surface area contributed by atoms with Crippen LogP contribution in [0.4, 0.5) is 15.8 Å². The van der Waals surface area contributed by atoms with Gasteiger partial charge in [0.2, 0.25) is 0 Å². The molecule has 5 N–H and O–H groups in total. The van der Waals surface area contributed by atoms with Gasteiger partial charge in [0, 0.05) is 17.9 Å². The molecule has 32 heavy (non-hydrogen) atoms. The van der Waals surface area contributed by atoms with E-state index in [4.69, 9.17) is 10.8 Å². The Bertz CT molecular complexity index is 1270. The molecule has 0 bridgehead atoms. The lowest BCUT2D eigenvalue weighted by Gasteiger charge is -2.05. The van der Waals surface area contributed by atoms with Gasteiger partial charge in [-0.2, -0.15) is 0 Å². The third kappa shape index (κ3) is 4.93. The number of hydrogen-bond acceptors (Lipinski definition) is 6. The number of aryl methyl sites for hydroxylation is 1. The summed E-state index contributed by atoms with van der Waals surface area (Å²) < 4.78 is 0. The number of benzene rings is 3. The molecule has 162 valence electrons. The number of anilines is 3. The molecule has 0 saturated heterocycles. The van der Waals surface area contributed by atoms with Crippen LogP contribution in [-0.2, 0) is 6.42 Å². The van der Waals surface area contributed by atoms with Crippen LogP contribution in [0.25, 0.3) is 10.8 Å². The predicted molar refractivity (Wildman–Crippen MR) is 128 cm³/mol. The van der Waals surface area contributed by atoms with Gasteiger partial charge in [0.15, 0.2) is 10.8 Å². The Balaban J connectivity index is 1.52. The predicted octanol–water partition coefficient (Wildman–Crippen LogP) is 4.32. The average molecular weight is 447 g/mol. The number of nitrogens with one attached hydrogen (secondary N) is 2. The highest BCUT2D eigenvalue weighted by Gasteiger charge is 2.19. The fourth-order valence-electron chi connectivity index (χ4n) is 3.30. The molecule has 0 saturated carbocycles. The average Bonchev–Trinajstić information content (AvgIpc) is 3.20. The van der Waals surface area contributed by atoms with Gasteiger partial charge in [-0.25, -0.2) is 4.98 Å². The molecule has 0 unspecified atom stereocenters. The number of rotatable bonds is 8. The molecule has 4 rings (SSSR count). The maximum Gasteiger partial charge on any atom is 0.270 e. The lowest BCUT2D eigenvalue weighted by atomic mass is 10.1. The van der Waals surface area contributed by atoms with Gasteiger partial charge in [-0.05, 0) is 53.4 Å². The summed E-state index contributed by atoms with van der Waals surface area (Å²) >= 11 is 1.14. The highest BCUT2D eigenvalue weighted by atomic mass is 32.1. The third-order valence-corrected chi connectivity index (χ3v) is 5.81. The summed E-state index contributed by atoms with van der Waals surface area (Å²) in [5.41, 5.74) is 7.78. The van der Waals surface area contributed by atoms with Gasteiger partial charge >= 0.3 is 0 Å². The molecular formula is C24H22N4O3S. The topological polar surface area (TPSA) is 117 Å². The van der Waals surface area contributed by atoms with E-state index in [-0.39, 0.29) is 23.2 Å². The number of aliphatic hydroxyl groups is 1. The molecule has 1 heterocycles. The molecule has 0 aliphatic heterocycles. The van der Waals surface area contributed by atoms with Crippen LogP contribution in [0.3, 0.4) is 0 Å². The standard InChI is InChI=1S/C24H22N4O3S/c25-21(30)20-23(28-22(31)17-9-7-15(8-10-17)4-3-13-29)32-24(27-20)26-19-12-11-16-5-1-2-6-18(16)14-19/h1-2,5-12,14,29H,3-4,13H2,(H2,25,30)(H,26,27)(H,28,31). The highest BCUT2D eigenvalue weighted by Crippen LogP contribution is 2.31. The molecule has 0 spiro atoms. The van der Waals surface area contributed by atoms with Crippen LogP contribution >= 0.6 is 11.3 Å². The molecule has 7 nitrogen and oxygen atoms in total. The van der Waals surface area contributed by atoms with Crippen LogP contribution < -0.4 is 16.4 Å². The quantitative estimate of drug-likeness (QED) is 0.322. The minimum absolute atomic E-state index is 0.00575. The zero-order valence-corrected chi connectivity index (χ0v) is 18.0. The second kappa shape index (κ2) is 9.59. The Kier molecular flexibility index (Phi) is 6.44. The molecule has 0 aliphatic carbocycles. The zero-order chi connectivity index (χ0) is 22.5. The number of aromatic nitrogens is 1. The van der Waals surface area contributed by atoms with Gasteiger partial charge in [0.25, 0.3) is 11.8 Å². The lowest BCUT2D eigenvalue weighted by Crippen LogP contribution is -2.17. The molecule has 2 amide bonds. The summed E-state index contributed by atoms with van der Waals surface area (Å²) in [5.74, 6) is -1.08. The van der Waals surface area contributed by atoms with Crippen molar-refractivity contribution in [1.82, 2.24) is 4.98 Å². The molecule has 0 atom stereocenters. The first-order valence-corrected chi connectivity index (χ1v) is 10.9. The van der Waals surface area contributed by atoms with Crippen LogP contribution in [0.2, 0.25) is 0 Å². The number of hydrogen-bond donors (Lipinski definition) is 4. The highest BCUT2D eigenvalue weighted by molar-refractivity contribution is 7.20. The van der Waals surface area contributed by atoms with E-state index in [1.54, 1.807) is 12.1 Å². The van der Waals surface area contributed by atoms with Crippen LogP contribution in [0.15, 0.2) is 66.7 Å². The lowest BCUT2D eigenvalue weighted by molar-refractivity contribution is 0.0997. The number of primary amides is 1. The van der Waals surface area contributed by atoms with Crippen LogP contribution in [0.5, 0.6) is 0 Å². The number of thiazole rings is 1. The zero-order valence-electron chi connectivity index (χ0n) is 17.2. The normalized spacial score (nSPS) is 10.8. The van der Waals surface area contributed by atoms with E-state index in [9.17, 15) is 9.59 Å². The smallest absolute Gasteiger partial charge is 0.270 e. The van der Waals surface area contributed by atoms with Crippen molar-refractivity contribution in [2.24, 2.45) is 5.73 Å². The fraction of sp³-hybridized carbons (Fsp3) is 0.125. The second-order valence-electron chi connectivity index (χ2n) is 7.23. The van der Waals surface area contributed by atoms with E-state index < -0.39 is 5.91 Å². The molecule has 0 aliphatic rings. The third-order valence-electron chi connectivity index (χ3n) is 4.93. The maximum absolute atomic E-state index is 12.7. The van der Waals surface area contributed by atoms with Crippen molar-refractivity contribution in [3.05, 3.63) is 83.6 Å². The van der Waals surface area contributed by atoms with E-state index in [2.05, 4.69) is 15.6 Å². The summed E-state index contributed by atoms with van der Waals surface area (Å²) in [4.78, 5) is 28.8. The largest absolute Gasteiger partial charge is 0.396 e. The first-order chi connectivity index (χ1) is 15.5. The van der Waals surface area contributed by atoms with Crippen molar-refractivity contribution in [2.45, 2.75) is 12.8 Å². The van der Waals surface area contributed by atoms with Gasteiger partial charge in [0.05, 0.1) is 0 Å². The van der Waals surface area contributed by atoms with E-state index in [1.165, 1.54) is 0 Å². The van der Waals surface area contributed by atoms with Crippen molar-refractivity contribution in [1.29, 1.82) is 0 Å². The number of nitrogens with zero attached hydrogens (tertiary/aromatic N) is 1. The summed E-state index contributed by atoms with van der Waals surface area (Å²) in [6, 6.07) is 21.0. The Labute approximate surface area is 188 Å². The van der Waals surface area contributed by atoms with Crippen molar-refractivity contribution in [2.75, 3.05) is 17.2 Å². The minimum atomic E-state index is -0.720. The fourth-order valence-corrected chi connectivity index (χ4v) is 4.18. The summed E-state index contributed by atoms with van der Waals surface area (Å²) in [6.45, 7) is 0.124. The van der Waals surface area contributed by atoms with Crippen LogP contribution in [-0.4, -0.2) is 28.5 Å². The molecule has 4 aromatic rings. The molecule has 1 aromatic heterocycles. The maximum atomic E-state index is 12.7. The summed E-state index contributed by atoms with van der Waals surface area (Å²) in [7, 11) is 0. The number of aliphatic hydroxyl groups excluding tert-OH is 1. The van der Waals surface area contributed by atoms with Crippen LogP contribution in [0.1, 0.15) is 32.8 Å². The van der Waals surface area contributed by atoms with Crippen molar-refractivity contribution in [3.8, 4) is 0 Å². The SMILES string of the molecule is NC(=O)c1nc(Nc2ccc3ccccc3c2)sc1NC(=O)c1ccc(CCCO)cc1. The summed E-state index contributed by atoms with van der Waals surface area (Å²) in [5, 5.41) is 17.8. The van der Waals surface area contributed by atoms with Gasteiger partial charge in [-0.3, -0.25) is 9.59 Å². The van der Waals surface area contributed by atoms with Gasteiger partial charge < -0.3 is 21.5 Å². The van der Waals surface area contributed by atoms with Gasteiger partial charge in [0.1, 0.15) is 5.00 Å². The van der Waals surface area contributed by atoms with Crippen molar-refractivity contribution in [3.63, 3.8) is 0 Å². The Hall–Kier alpha value is -3.75. The Morgan fingerprint density at radius 2 is 1.75 bits per heavy atom. The van der Waals surface area contributed by atoms with Crippen molar-refractivity contribution >= 4 is 49.7 Å². The Morgan fingerprint density at radius 3 is 2.47 bits per heavy atom. The minimum Gasteiger partial charge on any atom is -0.396 e. The number of fused-ring (bicyclic) bond motifs is 1. The van der Waals surface area contributed by atoms with Crippen molar-refractivity contribution < 1.29 is 14.7 Å². The monoisotopic (exact) mass is 446 g/mol. The second-order valence-corrected chi connectivity index (χ2v) is 8.23. The van der Waals surface area contributed by atoms with Crippen LogP contribution in [0, 0.1) is 0 Å². The van der Waals surface area contributed by atoms with Gasteiger partial charge in [-0.15, -0.1) is 0 Å². The van der Waals surface area contributed by atoms with E-state index >= 15 is 0 Å². The molecule has 8 heteroatoms. The molecule has 0 radical (unpaired) electrons. The first-order valence-electron chi connectivity index (χ1n) is 10.1. The molecular weight excluding hydrogens is 424 g/mol. The van der Waals surface area contributed by atoms with E-state index in [0.717, 1.165) is 39.8 Å². The number of carbonyl (C=O) groups excluding carboxylic acids is 2.